The molecule has 1 aromatic heterocycles. The van der Waals surface area contributed by atoms with E-state index < -0.39 is 17.5 Å². The van der Waals surface area contributed by atoms with Crippen LogP contribution in [0.5, 0.6) is 0 Å². The molecule has 0 spiro atoms. The molecular weight excluding hydrogens is 251 g/mol. The van der Waals surface area contributed by atoms with E-state index in [0.29, 0.717) is 12.2 Å². The molecule has 0 aromatic carbocycles. The van der Waals surface area contributed by atoms with Gasteiger partial charge in [-0.25, -0.2) is 0 Å². The number of carbonyl (C=O) groups excluding carboxylic acids is 1. The number of aromatic nitrogens is 1. The van der Waals surface area contributed by atoms with Gasteiger partial charge in [-0.15, -0.1) is 0 Å². The number of thioether (sulfide) groups is 1. The lowest BCUT2D eigenvalue weighted by molar-refractivity contribution is -0.138. The van der Waals surface area contributed by atoms with E-state index in [0.717, 1.165) is 24.2 Å². The second kappa shape index (κ2) is 4.68. The van der Waals surface area contributed by atoms with E-state index in [9.17, 15) is 18.0 Å². The highest BCUT2D eigenvalue weighted by Gasteiger charge is 2.37. The van der Waals surface area contributed by atoms with E-state index in [1.54, 1.807) is 11.8 Å². The van der Waals surface area contributed by atoms with Gasteiger partial charge in [0.1, 0.15) is 0 Å². The lowest BCUT2D eigenvalue weighted by atomic mass is 9.95. The van der Waals surface area contributed by atoms with Crippen molar-refractivity contribution in [3.63, 3.8) is 0 Å². The van der Waals surface area contributed by atoms with E-state index in [1.165, 1.54) is 0 Å². The SMILES string of the molecule is O=C(c1cnccc1C(F)(F)F)C1CCSC1. The molecule has 92 valence electrons. The van der Waals surface area contributed by atoms with Gasteiger partial charge in [-0.05, 0) is 18.2 Å². The lowest BCUT2D eigenvalue weighted by Crippen LogP contribution is -2.19. The Labute approximate surface area is 101 Å². The van der Waals surface area contributed by atoms with Crippen LogP contribution in [0.15, 0.2) is 18.5 Å². The van der Waals surface area contributed by atoms with Gasteiger partial charge < -0.3 is 0 Å². The van der Waals surface area contributed by atoms with E-state index in [1.807, 2.05) is 0 Å². The van der Waals surface area contributed by atoms with Gasteiger partial charge in [0, 0.05) is 29.6 Å². The first-order valence-electron chi connectivity index (χ1n) is 5.13. The van der Waals surface area contributed by atoms with Crippen LogP contribution < -0.4 is 0 Å². The number of hydrogen-bond acceptors (Lipinski definition) is 3. The normalized spacial score (nSPS) is 20.5. The number of Topliss-reactive ketones (excluding diaryl/α,β-unsaturated/α-hetero) is 1. The summed E-state index contributed by atoms with van der Waals surface area (Å²) >= 11 is 1.60. The first-order chi connectivity index (χ1) is 8.00. The first-order valence-corrected chi connectivity index (χ1v) is 6.29. The summed E-state index contributed by atoms with van der Waals surface area (Å²) in [6.07, 6.45) is -1.77. The molecule has 2 rings (SSSR count). The first kappa shape index (κ1) is 12.4. The van der Waals surface area contributed by atoms with Gasteiger partial charge in [-0.3, -0.25) is 9.78 Å². The molecule has 2 nitrogen and oxygen atoms in total. The van der Waals surface area contributed by atoms with Crippen molar-refractivity contribution < 1.29 is 18.0 Å². The fraction of sp³-hybridized carbons (Fsp3) is 0.455. The third kappa shape index (κ3) is 2.62. The van der Waals surface area contributed by atoms with Crippen LogP contribution >= 0.6 is 11.8 Å². The molecule has 0 amide bonds. The van der Waals surface area contributed by atoms with Crippen molar-refractivity contribution in [2.75, 3.05) is 11.5 Å². The summed E-state index contributed by atoms with van der Waals surface area (Å²) in [6, 6.07) is 0.856. The minimum Gasteiger partial charge on any atom is -0.294 e. The van der Waals surface area contributed by atoms with Gasteiger partial charge in [-0.2, -0.15) is 24.9 Å². The molecule has 1 aliphatic heterocycles. The lowest BCUT2D eigenvalue weighted by Gasteiger charge is -2.13. The maximum Gasteiger partial charge on any atom is 0.417 e. The number of ketones is 1. The molecule has 2 heterocycles. The van der Waals surface area contributed by atoms with Crippen molar-refractivity contribution >= 4 is 17.5 Å². The summed E-state index contributed by atoms with van der Waals surface area (Å²) in [5, 5.41) is 0. The van der Waals surface area contributed by atoms with E-state index >= 15 is 0 Å². The average molecular weight is 261 g/mol. The van der Waals surface area contributed by atoms with E-state index in [-0.39, 0.29) is 11.5 Å². The van der Waals surface area contributed by atoms with Crippen molar-refractivity contribution in [3.05, 3.63) is 29.6 Å². The molecule has 1 saturated heterocycles. The summed E-state index contributed by atoms with van der Waals surface area (Å²) in [5.41, 5.74) is -1.18. The number of alkyl halides is 3. The molecule has 0 radical (unpaired) electrons. The molecule has 1 aromatic rings. The van der Waals surface area contributed by atoms with Crippen LogP contribution in [0, 0.1) is 5.92 Å². The van der Waals surface area contributed by atoms with Gasteiger partial charge in [0.15, 0.2) is 5.78 Å². The van der Waals surface area contributed by atoms with Crippen LogP contribution in [0.3, 0.4) is 0 Å². The minimum atomic E-state index is -4.50. The monoisotopic (exact) mass is 261 g/mol. The molecular formula is C11H10F3NOS. The fourth-order valence-electron chi connectivity index (χ4n) is 1.80. The molecule has 1 aliphatic rings. The Morgan fingerprint density at radius 3 is 2.82 bits per heavy atom. The Morgan fingerprint density at radius 1 is 1.47 bits per heavy atom. The number of rotatable bonds is 2. The fourth-order valence-corrected chi connectivity index (χ4v) is 3.02. The standard InChI is InChI=1S/C11H10F3NOS/c12-11(13,14)9-1-3-15-5-8(9)10(16)7-2-4-17-6-7/h1,3,5,7H,2,4,6H2. The summed E-state index contributed by atoms with van der Waals surface area (Å²) in [5.74, 6) is 0.698. The van der Waals surface area contributed by atoms with E-state index in [2.05, 4.69) is 4.98 Å². The minimum absolute atomic E-state index is 0.299. The Hall–Kier alpha value is -1.04. The molecule has 1 fully saturated rings. The Morgan fingerprint density at radius 2 is 2.24 bits per heavy atom. The zero-order valence-electron chi connectivity index (χ0n) is 8.83. The zero-order chi connectivity index (χ0) is 12.5. The van der Waals surface area contributed by atoms with Crippen LogP contribution in [-0.4, -0.2) is 22.3 Å². The van der Waals surface area contributed by atoms with Gasteiger partial charge in [0.2, 0.25) is 0 Å². The molecule has 1 unspecified atom stereocenters. The summed E-state index contributed by atoms with van der Waals surface area (Å²) in [4.78, 5) is 15.6. The summed E-state index contributed by atoms with van der Waals surface area (Å²) < 4.78 is 38.1. The predicted octanol–water partition coefficient (Wildman–Crippen LogP) is 3.04. The third-order valence-electron chi connectivity index (χ3n) is 2.69. The molecule has 6 heteroatoms. The second-order valence-corrected chi connectivity index (χ2v) is 4.99. The highest BCUT2D eigenvalue weighted by molar-refractivity contribution is 7.99. The number of halogens is 3. The maximum absolute atomic E-state index is 12.7. The Kier molecular flexibility index (Phi) is 3.42. The number of nitrogens with zero attached hydrogens (tertiary/aromatic N) is 1. The summed E-state index contributed by atoms with van der Waals surface area (Å²) in [7, 11) is 0. The molecule has 17 heavy (non-hydrogen) atoms. The van der Waals surface area contributed by atoms with Crippen LogP contribution in [0.4, 0.5) is 13.2 Å². The van der Waals surface area contributed by atoms with Gasteiger partial charge >= 0.3 is 6.18 Å². The van der Waals surface area contributed by atoms with Gasteiger partial charge in [-0.1, -0.05) is 0 Å². The van der Waals surface area contributed by atoms with Crippen LogP contribution in [0.25, 0.3) is 0 Å². The maximum atomic E-state index is 12.7. The summed E-state index contributed by atoms with van der Waals surface area (Å²) in [6.45, 7) is 0. The molecule has 0 N–H and O–H groups in total. The van der Waals surface area contributed by atoms with Crippen LogP contribution in [0.2, 0.25) is 0 Å². The number of hydrogen-bond donors (Lipinski definition) is 0. The molecule has 0 aliphatic carbocycles. The van der Waals surface area contributed by atoms with Gasteiger partial charge in [0.05, 0.1) is 5.56 Å². The topological polar surface area (TPSA) is 30.0 Å². The quantitative estimate of drug-likeness (QED) is 0.766. The Bertz CT molecular complexity index is 427. The average Bonchev–Trinajstić information content (AvgIpc) is 2.80. The van der Waals surface area contributed by atoms with Crippen molar-refractivity contribution in [1.29, 1.82) is 0 Å². The highest BCUT2D eigenvalue weighted by Crippen LogP contribution is 2.34. The Balaban J connectivity index is 2.34. The van der Waals surface area contributed by atoms with Crippen molar-refractivity contribution in [2.45, 2.75) is 12.6 Å². The second-order valence-electron chi connectivity index (χ2n) is 3.84. The van der Waals surface area contributed by atoms with Crippen molar-refractivity contribution in [3.8, 4) is 0 Å². The number of pyridine rings is 1. The number of carbonyl (C=O) groups is 1. The van der Waals surface area contributed by atoms with Gasteiger partial charge in [0.25, 0.3) is 0 Å². The molecule has 0 saturated carbocycles. The largest absolute Gasteiger partial charge is 0.417 e. The van der Waals surface area contributed by atoms with Crippen molar-refractivity contribution in [2.24, 2.45) is 5.92 Å². The third-order valence-corrected chi connectivity index (χ3v) is 3.85. The van der Waals surface area contributed by atoms with Crippen LogP contribution in [-0.2, 0) is 6.18 Å². The molecule has 1 atom stereocenters. The highest BCUT2D eigenvalue weighted by atomic mass is 32.2. The van der Waals surface area contributed by atoms with Crippen LogP contribution in [0.1, 0.15) is 22.3 Å². The predicted molar refractivity (Wildman–Crippen MR) is 59.0 cm³/mol. The zero-order valence-corrected chi connectivity index (χ0v) is 9.64. The molecule has 0 bridgehead atoms. The smallest absolute Gasteiger partial charge is 0.294 e. The van der Waals surface area contributed by atoms with E-state index in [4.69, 9.17) is 0 Å². The van der Waals surface area contributed by atoms with Crippen molar-refractivity contribution in [1.82, 2.24) is 4.98 Å².